The molecule has 1 aliphatic rings. The lowest BCUT2D eigenvalue weighted by Gasteiger charge is -2.10. The van der Waals surface area contributed by atoms with E-state index in [1.165, 1.54) is 0 Å². The van der Waals surface area contributed by atoms with Crippen LogP contribution in [-0.2, 0) is 11.5 Å². The van der Waals surface area contributed by atoms with E-state index in [0.29, 0.717) is 21.7 Å². The molecule has 0 spiro atoms. The van der Waals surface area contributed by atoms with Crippen molar-refractivity contribution in [3.8, 4) is 11.4 Å². The van der Waals surface area contributed by atoms with E-state index in [1.807, 2.05) is 6.07 Å². The van der Waals surface area contributed by atoms with Crippen molar-refractivity contribution in [2.75, 3.05) is 5.43 Å². The third kappa shape index (κ3) is 2.39. The smallest absolute Gasteiger partial charge is 0.163 e. The normalized spacial score (nSPS) is 13.4. The van der Waals surface area contributed by atoms with Gasteiger partial charge in [0.15, 0.2) is 5.82 Å². The number of nitrogen functional groups attached to an aromatic ring is 1. The standard InChI is InChI=1S/C12H10Cl2N4S/c13-6-1-2-7(9(14)3-6)11-16-10-5-19-4-8(10)12(17-11)18-15/h1-3H,4-5,15H2,(H,16,17,18). The van der Waals surface area contributed by atoms with Crippen LogP contribution in [0.3, 0.4) is 0 Å². The lowest BCUT2D eigenvalue weighted by molar-refractivity contribution is 1.06. The molecule has 0 atom stereocenters. The molecule has 0 radical (unpaired) electrons. The van der Waals surface area contributed by atoms with Gasteiger partial charge in [0, 0.05) is 27.7 Å². The molecule has 7 heteroatoms. The van der Waals surface area contributed by atoms with Crippen LogP contribution < -0.4 is 11.3 Å². The summed E-state index contributed by atoms with van der Waals surface area (Å²) in [6, 6.07) is 5.26. The van der Waals surface area contributed by atoms with Gasteiger partial charge in [-0.1, -0.05) is 23.2 Å². The molecule has 98 valence electrons. The van der Waals surface area contributed by atoms with Crippen LogP contribution in [0.1, 0.15) is 11.3 Å². The number of anilines is 1. The first-order valence-corrected chi connectivity index (χ1v) is 7.49. The zero-order chi connectivity index (χ0) is 13.4. The maximum atomic E-state index is 6.19. The van der Waals surface area contributed by atoms with E-state index in [1.54, 1.807) is 23.9 Å². The minimum Gasteiger partial charge on any atom is -0.308 e. The van der Waals surface area contributed by atoms with Gasteiger partial charge in [-0.2, -0.15) is 11.8 Å². The summed E-state index contributed by atoms with van der Waals surface area (Å²) in [5, 5.41) is 1.11. The van der Waals surface area contributed by atoms with Crippen LogP contribution in [0.15, 0.2) is 18.2 Å². The molecule has 0 saturated carbocycles. The van der Waals surface area contributed by atoms with Crippen molar-refractivity contribution in [1.29, 1.82) is 0 Å². The molecule has 1 aromatic carbocycles. The molecular weight excluding hydrogens is 303 g/mol. The van der Waals surface area contributed by atoms with Gasteiger partial charge in [0.25, 0.3) is 0 Å². The molecule has 19 heavy (non-hydrogen) atoms. The summed E-state index contributed by atoms with van der Waals surface area (Å²) in [6.07, 6.45) is 0. The zero-order valence-electron chi connectivity index (χ0n) is 9.78. The molecule has 0 unspecified atom stereocenters. The monoisotopic (exact) mass is 312 g/mol. The van der Waals surface area contributed by atoms with Gasteiger partial charge >= 0.3 is 0 Å². The average Bonchev–Trinajstić information content (AvgIpc) is 2.85. The maximum absolute atomic E-state index is 6.19. The van der Waals surface area contributed by atoms with Crippen LogP contribution in [0, 0.1) is 0 Å². The SMILES string of the molecule is NNc1nc(-c2ccc(Cl)cc2Cl)nc2c1CSC2. The largest absolute Gasteiger partial charge is 0.308 e. The molecule has 0 saturated heterocycles. The summed E-state index contributed by atoms with van der Waals surface area (Å²) in [6.45, 7) is 0. The number of rotatable bonds is 2. The lowest BCUT2D eigenvalue weighted by atomic mass is 10.2. The highest BCUT2D eigenvalue weighted by Gasteiger charge is 2.20. The predicted molar refractivity (Wildman–Crippen MR) is 80.3 cm³/mol. The van der Waals surface area contributed by atoms with E-state index in [-0.39, 0.29) is 0 Å². The quantitative estimate of drug-likeness (QED) is 0.656. The number of halogens is 2. The topological polar surface area (TPSA) is 63.8 Å². The Bertz CT molecular complexity index is 648. The number of hydrogen-bond acceptors (Lipinski definition) is 5. The van der Waals surface area contributed by atoms with Gasteiger partial charge in [-0.15, -0.1) is 0 Å². The van der Waals surface area contributed by atoms with Crippen LogP contribution >= 0.6 is 35.0 Å². The Labute approximate surface area is 124 Å². The van der Waals surface area contributed by atoms with Gasteiger partial charge < -0.3 is 5.43 Å². The van der Waals surface area contributed by atoms with Gasteiger partial charge in [-0.3, -0.25) is 0 Å². The minimum absolute atomic E-state index is 0.529. The number of nitrogens with zero attached hydrogens (tertiary/aromatic N) is 2. The van der Waals surface area contributed by atoms with Crippen LogP contribution in [0.4, 0.5) is 5.82 Å². The lowest BCUT2D eigenvalue weighted by Crippen LogP contribution is -2.12. The van der Waals surface area contributed by atoms with E-state index >= 15 is 0 Å². The summed E-state index contributed by atoms with van der Waals surface area (Å²) in [4.78, 5) is 9.00. The summed E-state index contributed by atoms with van der Waals surface area (Å²) in [7, 11) is 0. The molecule has 3 N–H and O–H groups in total. The molecule has 1 aromatic heterocycles. The number of fused-ring (bicyclic) bond motifs is 1. The number of benzene rings is 1. The number of hydrogen-bond donors (Lipinski definition) is 2. The fourth-order valence-corrected chi connectivity index (χ4v) is 3.50. The first-order chi connectivity index (χ1) is 9.19. The molecule has 0 fully saturated rings. The average molecular weight is 313 g/mol. The summed E-state index contributed by atoms with van der Waals surface area (Å²) >= 11 is 13.9. The highest BCUT2D eigenvalue weighted by molar-refractivity contribution is 7.98. The Hall–Kier alpha value is -1.01. The molecule has 0 aliphatic carbocycles. The Kier molecular flexibility index (Phi) is 3.54. The van der Waals surface area contributed by atoms with Crippen molar-refractivity contribution in [3.63, 3.8) is 0 Å². The van der Waals surface area contributed by atoms with Crippen molar-refractivity contribution in [2.24, 2.45) is 5.84 Å². The van der Waals surface area contributed by atoms with Gasteiger partial charge in [-0.25, -0.2) is 15.8 Å². The molecule has 3 rings (SSSR count). The van der Waals surface area contributed by atoms with Gasteiger partial charge in [0.2, 0.25) is 0 Å². The van der Waals surface area contributed by atoms with Crippen LogP contribution in [-0.4, -0.2) is 9.97 Å². The Balaban J connectivity index is 2.15. The fourth-order valence-electron chi connectivity index (χ4n) is 1.96. The second-order valence-electron chi connectivity index (χ2n) is 4.08. The third-order valence-corrected chi connectivity index (χ3v) is 4.40. The van der Waals surface area contributed by atoms with Gasteiger partial charge in [0.1, 0.15) is 5.82 Å². The van der Waals surface area contributed by atoms with E-state index in [2.05, 4.69) is 15.4 Å². The predicted octanol–water partition coefficient (Wildman–Crippen LogP) is 3.48. The van der Waals surface area contributed by atoms with Crippen LogP contribution in [0.25, 0.3) is 11.4 Å². The van der Waals surface area contributed by atoms with Gasteiger partial charge in [0.05, 0.1) is 10.7 Å². The number of hydrazine groups is 1. The number of nitrogens with two attached hydrogens (primary N) is 1. The number of nitrogens with one attached hydrogen (secondary N) is 1. The second-order valence-corrected chi connectivity index (χ2v) is 5.91. The molecule has 2 aromatic rings. The fraction of sp³-hybridized carbons (Fsp3) is 0.167. The molecule has 0 amide bonds. The first-order valence-electron chi connectivity index (χ1n) is 5.58. The minimum atomic E-state index is 0.529. The zero-order valence-corrected chi connectivity index (χ0v) is 12.1. The molecule has 1 aliphatic heterocycles. The Morgan fingerprint density at radius 2 is 2.05 bits per heavy atom. The van der Waals surface area contributed by atoms with Gasteiger partial charge in [-0.05, 0) is 18.2 Å². The first kappa shape index (κ1) is 13.0. The molecule has 4 nitrogen and oxygen atoms in total. The highest BCUT2D eigenvalue weighted by Crippen LogP contribution is 2.35. The van der Waals surface area contributed by atoms with Crippen molar-refractivity contribution in [2.45, 2.75) is 11.5 Å². The highest BCUT2D eigenvalue weighted by atomic mass is 35.5. The van der Waals surface area contributed by atoms with Crippen molar-refractivity contribution >= 4 is 40.8 Å². The molecule has 0 bridgehead atoms. The van der Waals surface area contributed by atoms with E-state index in [4.69, 9.17) is 29.0 Å². The third-order valence-electron chi connectivity index (χ3n) is 2.89. The molecule has 2 heterocycles. The summed E-state index contributed by atoms with van der Waals surface area (Å²) < 4.78 is 0. The van der Waals surface area contributed by atoms with Crippen molar-refractivity contribution in [1.82, 2.24) is 9.97 Å². The van der Waals surface area contributed by atoms with E-state index in [0.717, 1.165) is 28.3 Å². The van der Waals surface area contributed by atoms with Crippen LogP contribution in [0.2, 0.25) is 10.0 Å². The summed E-state index contributed by atoms with van der Waals surface area (Å²) in [5.41, 5.74) is 5.47. The van der Waals surface area contributed by atoms with Crippen molar-refractivity contribution < 1.29 is 0 Å². The Morgan fingerprint density at radius 3 is 2.79 bits per heavy atom. The van der Waals surface area contributed by atoms with Crippen LogP contribution in [0.5, 0.6) is 0 Å². The van der Waals surface area contributed by atoms with E-state index in [9.17, 15) is 0 Å². The van der Waals surface area contributed by atoms with Crippen molar-refractivity contribution in [3.05, 3.63) is 39.5 Å². The molecular formula is C12H10Cl2N4S. The summed E-state index contributed by atoms with van der Waals surface area (Å²) in [5.74, 6) is 8.50. The Morgan fingerprint density at radius 1 is 1.21 bits per heavy atom. The maximum Gasteiger partial charge on any atom is 0.163 e. The van der Waals surface area contributed by atoms with E-state index < -0.39 is 0 Å². The number of aromatic nitrogens is 2. The number of thioether (sulfide) groups is 1. The second kappa shape index (κ2) is 5.17.